The fourth-order valence-electron chi connectivity index (χ4n) is 2.18. The first-order valence-corrected chi connectivity index (χ1v) is 7.44. The predicted octanol–water partition coefficient (Wildman–Crippen LogP) is 2.38. The van der Waals surface area contributed by atoms with Crippen molar-refractivity contribution in [2.45, 2.75) is 19.4 Å². The number of carboxylic acids is 1. The summed E-state index contributed by atoms with van der Waals surface area (Å²) < 4.78 is 0.603. The van der Waals surface area contributed by atoms with Gasteiger partial charge in [0.05, 0.1) is 17.4 Å². The molecule has 0 aliphatic carbocycles. The van der Waals surface area contributed by atoms with Crippen molar-refractivity contribution in [1.29, 1.82) is 0 Å². The summed E-state index contributed by atoms with van der Waals surface area (Å²) in [5.41, 5.74) is 0.494. The van der Waals surface area contributed by atoms with Gasteiger partial charge < -0.3 is 20.4 Å². The first-order valence-electron chi connectivity index (χ1n) is 6.65. The molecule has 0 aromatic heterocycles. The molecule has 3 N–H and O–H groups in total. The Morgan fingerprint density at radius 2 is 2.14 bits per heavy atom. The zero-order valence-electron chi connectivity index (χ0n) is 11.5. The third kappa shape index (κ3) is 3.74. The van der Waals surface area contributed by atoms with Gasteiger partial charge in [0.15, 0.2) is 0 Å². The SMILES string of the molecule is CC1CCN(C(=O)Nc2cc(C(=O)O)ccc2Br)CC1O. The van der Waals surface area contributed by atoms with Gasteiger partial charge in [-0.25, -0.2) is 9.59 Å². The molecule has 21 heavy (non-hydrogen) atoms. The van der Waals surface area contributed by atoms with Gasteiger partial charge in [0.25, 0.3) is 0 Å². The van der Waals surface area contributed by atoms with Crippen molar-refractivity contribution in [3.63, 3.8) is 0 Å². The topological polar surface area (TPSA) is 89.9 Å². The quantitative estimate of drug-likeness (QED) is 0.758. The number of carboxylic acid groups (broad SMARTS) is 1. The molecule has 1 aliphatic rings. The molecule has 1 saturated heterocycles. The Morgan fingerprint density at radius 3 is 2.76 bits per heavy atom. The lowest BCUT2D eigenvalue weighted by Crippen LogP contribution is -2.47. The summed E-state index contributed by atoms with van der Waals surface area (Å²) in [6.45, 7) is 2.80. The molecule has 0 saturated carbocycles. The second-order valence-corrected chi connectivity index (χ2v) is 6.06. The summed E-state index contributed by atoms with van der Waals surface area (Å²) in [6, 6.07) is 4.08. The van der Waals surface area contributed by atoms with Crippen LogP contribution < -0.4 is 5.32 Å². The number of halogens is 1. The van der Waals surface area contributed by atoms with Crippen LogP contribution in [0.25, 0.3) is 0 Å². The number of likely N-dealkylation sites (tertiary alicyclic amines) is 1. The van der Waals surface area contributed by atoms with Crippen LogP contribution in [0.4, 0.5) is 10.5 Å². The standard InChI is InChI=1S/C14H17BrN2O4/c1-8-4-5-17(7-12(8)18)14(21)16-11-6-9(13(19)20)2-3-10(11)15/h2-3,6,8,12,18H,4-5,7H2,1H3,(H,16,21)(H,19,20). The molecule has 1 fully saturated rings. The van der Waals surface area contributed by atoms with Gasteiger partial charge in [0, 0.05) is 17.6 Å². The van der Waals surface area contributed by atoms with E-state index in [1.54, 1.807) is 6.07 Å². The second kappa shape index (κ2) is 6.44. The Bertz CT molecular complexity index is 564. The normalized spacial score (nSPS) is 22.0. The van der Waals surface area contributed by atoms with E-state index in [9.17, 15) is 14.7 Å². The zero-order valence-corrected chi connectivity index (χ0v) is 13.1. The van der Waals surface area contributed by atoms with Crippen LogP contribution in [0.2, 0.25) is 0 Å². The highest BCUT2D eigenvalue weighted by atomic mass is 79.9. The van der Waals surface area contributed by atoms with Gasteiger partial charge in [0.2, 0.25) is 0 Å². The van der Waals surface area contributed by atoms with Crippen molar-refractivity contribution >= 4 is 33.6 Å². The Kier molecular flexibility index (Phi) is 4.84. The highest BCUT2D eigenvalue weighted by Crippen LogP contribution is 2.25. The lowest BCUT2D eigenvalue weighted by atomic mass is 9.96. The summed E-state index contributed by atoms with van der Waals surface area (Å²) in [4.78, 5) is 24.7. The third-order valence-electron chi connectivity index (χ3n) is 3.66. The highest BCUT2D eigenvalue weighted by molar-refractivity contribution is 9.10. The van der Waals surface area contributed by atoms with Crippen LogP contribution in [0.1, 0.15) is 23.7 Å². The van der Waals surface area contributed by atoms with Gasteiger partial charge in [0.1, 0.15) is 0 Å². The van der Waals surface area contributed by atoms with Crippen LogP contribution in [-0.2, 0) is 0 Å². The van der Waals surface area contributed by atoms with Gasteiger partial charge in [-0.3, -0.25) is 0 Å². The van der Waals surface area contributed by atoms with Gasteiger partial charge in [-0.05, 0) is 46.5 Å². The Labute approximate surface area is 130 Å². The minimum Gasteiger partial charge on any atom is -0.478 e. The first kappa shape index (κ1) is 15.8. The molecule has 114 valence electrons. The average molecular weight is 357 g/mol. The Balaban J connectivity index is 2.09. The van der Waals surface area contributed by atoms with E-state index in [1.165, 1.54) is 17.0 Å². The van der Waals surface area contributed by atoms with E-state index in [2.05, 4.69) is 21.2 Å². The third-order valence-corrected chi connectivity index (χ3v) is 4.35. The number of carbonyl (C=O) groups excluding carboxylic acids is 1. The van der Waals surface area contributed by atoms with Crippen LogP contribution in [0, 0.1) is 5.92 Å². The number of carbonyl (C=O) groups is 2. The number of piperidine rings is 1. The number of β-amino-alcohol motifs (C(OH)–C–C–N with tert-alkyl or cyclic N) is 1. The molecule has 2 atom stereocenters. The van der Waals surface area contributed by atoms with Crippen molar-refractivity contribution in [3.05, 3.63) is 28.2 Å². The Hall–Kier alpha value is -1.60. The van der Waals surface area contributed by atoms with Crippen molar-refractivity contribution in [2.75, 3.05) is 18.4 Å². The number of rotatable bonds is 2. The average Bonchev–Trinajstić information content (AvgIpc) is 2.43. The molecule has 1 aliphatic heterocycles. The highest BCUT2D eigenvalue weighted by Gasteiger charge is 2.27. The minimum absolute atomic E-state index is 0.0980. The van der Waals surface area contributed by atoms with Crippen LogP contribution in [-0.4, -0.2) is 46.3 Å². The van der Waals surface area contributed by atoms with Crippen molar-refractivity contribution in [2.24, 2.45) is 5.92 Å². The van der Waals surface area contributed by atoms with Crippen molar-refractivity contribution < 1.29 is 19.8 Å². The van der Waals surface area contributed by atoms with E-state index in [0.717, 1.165) is 6.42 Å². The molecule has 1 aromatic carbocycles. The molecule has 7 heteroatoms. The molecular weight excluding hydrogens is 340 g/mol. The lowest BCUT2D eigenvalue weighted by molar-refractivity contribution is 0.0464. The molecule has 1 aromatic rings. The number of hydrogen-bond donors (Lipinski definition) is 3. The number of nitrogens with zero attached hydrogens (tertiary/aromatic N) is 1. The van der Waals surface area contributed by atoms with Crippen LogP contribution in [0.15, 0.2) is 22.7 Å². The van der Waals surface area contributed by atoms with Crippen LogP contribution >= 0.6 is 15.9 Å². The number of aliphatic hydroxyl groups is 1. The molecular formula is C14H17BrN2O4. The van der Waals surface area contributed by atoms with E-state index in [4.69, 9.17) is 5.11 Å². The van der Waals surface area contributed by atoms with E-state index in [1.807, 2.05) is 6.92 Å². The fourth-order valence-corrected chi connectivity index (χ4v) is 2.53. The van der Waals surface area contributed by atoms with E-state index < -0.39 is 12.1 Å². The molecule has 2 rings (SSSR count). The number of aromatic carboxylic acids is 1. The number of urea groups is 1. The number of benzene rings is 1. The first-order chi connectivity index (χ1) is 9.88. The van der Waals surface area contributed by atoms with E-state index in [-0.39, 0.29) is 24.1 Å². The summed E-state index contributed by atoms with van der Waals surface area (Å²) >= 11 is 3.28. The maximum absolute atomic E-state index is 12.2. The molecule has 0 bridgehead atoms. The minimum atomic E-state index is -1.06. The zero-order chi connectivity index (χ0) is 15.6. The smallest absolute Gasteiger partial charge is 0.335 e. The predicted molar refractivity (Wildman–Crippen MR) is 81.5 cm³/mol. The molecule has 2 amide bonds. The number of anilines is 1. The fraction of sp³-hybridized carbons (Fsp3) is 0.429. The summed E-state index contributed by atoms with van der Waals surface area (Å²) in [5.74, 6) is -0.878. The van der Waals surface area contributed by atoms with E-state index >= 15 is 0 Å². The van der Waals surface area contributed by atoms with Gasteiger partial charge in [-0.1, -0.05) is 6.92 Å². The molecule has 6 nitrogen and oxygen atoms in total. The van der Waals surface area contributed by atoms with Gasteiger partial charge in [-0.15, -0.1) is 0 Å². The van der Waals surface area contributed by atoms with E-state index in [0.29, 0.717) is 16.7 Å². The molecule has 0 spiro atoms. The van der Waals surface area contributed by atoms with Crippen molar-refractivity contribution in [3.8, 4) is 0 Å². The Morgan fingerprint density at radius 1 is 1.43 bits per heavy atom. The van der Waals surface area contributed by atoms with Crippen LogP contribution in [0.5, 0.6) is 0 Å². The monoisotopic (exact) mass is 356 g/mol. The summed E-state index contributed by atoms with van der Waals surface area (Å²) in [7, 11) is 0. The summed E-state index contributed by atoms with van der Waals surface area (Å²) in [5, 5.41) is 21.5. The van der Waals surface area contributed by atoms with Crippen molar-refractivity contribution in [1.82, 2.24) is 4.90 Å². The van der Waals surface area contributed by atoms with Gasteiger partial charge >= 0.3 is 12.0 Å². The number of amides is 2. The molecule has 1 heterocycles. The van der Waals surface area contributed by atoms with Gasteiger partial charge in [-0.2, -0.15) is 0 Å². The summed E-state index contributed by atoms with van der Waals surface area (Å²) in [6.07, 6.45) is 0.212. The number of aliphatic hydroxyl groups excluding tert-OH is 1. The maximum Gasteiger partial charge on any atom is 0.335 e. The second-order valence-electron chi connectivity index (χ2n) is 5.21. The number of hydrogen-bond acceptors (Lipinski definition) is 3. The number of nitrogens with one attached hydrogen (secondary N) is 1. The maximum atomic E-state index is 12.2. The van der Waals surface area contributed by atoms with Crippen LogP contribution in [0.3, 0.4) is 0 Å². The largest absolute Gasteiger partial charge is 0.478 e. The molecule has 2 unspecified atom stereocenters. The molecule has 0 radical (unpaired) electrons. The lowest BCUT2D eigenvalue weighted by Gasteiger charge is -2.34.